The number of hydrogen-bond donors (Lipinski definition) is 1. The van der Waals surface area contributed by atoms with E-state index in [0.717, 1.165) is 12.1 Å². The van der Waals surface area contributed by atoms with E-state index in [4.69, 9.17) is 17.3 Å². The quantitative estimate of drug-likeness (QED) is 0.796. The molecule has 0 radical (unpaired) electrons. The molecule has 0 aliphatic rings. The van der Waals surface area contributed by atoms with Crippen molar-refractivity contribution in [1.29, 1.82) is 0 Å². The summed E-state index contributed by atoms with van der Waals surface area (Å²) >= 11 is 5.39. The molecule has 0 amide bonds. The fourth-order valence-corrected chi connectivity index (χ4v) is 1.05. The molecule has 0 aliphatic heterocycles. The van der Waals surface area contributed by atoms with Crippen molar-refractivity contribution < 1.29 is 13.2 Å². The number of alkyl halides is 2. The van der Waals surface area contributed by atoms with E-state index in [9.17, 15) is 13.2 Å². The number of rotatable bonds is 2. The van der Waals surface area contributed by atoms with Gasteiger partial charge in [0.15, 0.2) is 0 Å². The minimum atomic E-state index is -2.68. The van der Waals surface area contributed by atoms with E-state index >= 15 is 0 Å². The maximum Gasteiger partial charge on any atom is 0.257 e. The number of nitrogens with two attached hydrogens (primary N) is 1. The second-order valence-electron chi connectivity index (χ2n) is 2.53. The molecule has 0 bridgehead atoms. The molecule has 0 unspecified atom stereocenters. The van der Waals surface area contributed by atoms with Crippen molar-refractivity contribution in [3.63, 3.8) is 0 Å². The Morgan fingerprint density at radius 2 is 1.92 bits per heavy atom. The van der Waals surface area contributed by atoms with Gasteiger partial charge >= 0.3 is 0 Å². The first kappa shape index (κ1) is 10.3. The van der Waals surface area contributed by atoms with Gasteiger partial charge in [0.25, 0.3) is 6.43 Å². The van der Waals surface area contributed by atoms with Crippen molar-refractivity contribution in [2.24, 2.45) is 5.73 Å². The zero-order valence-electron chi connectivity index (χ0n) is 6.48. The van der Waals surface area contributed by atoms with Crippen LogP contribution in [0.1, 0.15) is 11.6 Å². The Morgan fingerprint density at radius 1 is 1.31 bits per heavy atom. The third kappa shape index (κ3) is 2.35. The average Bonchev–Trinajstić information content (AvgIpc) is 2.08. The highest BCUT2D eigenvalue weighted by Gasteiger charge is 2.18. The van der Waals surface area contributed by atoms with Gasteiger partial charge in [0.05, 0.1) is 11.1 Å². The smallest absolute Gasteiger partial charge is 0.257 e. The van der Waals surface area contributed by atoms with Crippen molar-refractivity contribution in [3.8, 4) is 0 Å². The maximum absolute atomic E-state index is 12.6. The van der Waals surface area contributed by atoms with E-state index in [2.05, 4.69) is 0 Å². The van der Waals surface area contributed by atoms with Crippen molar-refractivity contribution in [2.75, 3.05) is 0 Å². The van der Waals surface area contributed by atoms with Gasteiger partial charge in [-0.1, -0.05) is 17.7 Å². The van der Waals surface area contributed by atoms with Crippen molar-refractivity contribution in [1.82, 2.24) is 0 Å². The minimum Gasteiger partial charge on any atom is -0.319 e. The van der Waals surface area contributed by atoms with Gasteiger partial charge in [0.1, 0.15) is 5.82 Å². The molecule has 0 saturated heterocycles. The lowest BCUT2D eigenvalue weighted by atomic mass is 10.1. The maximum atomic E-state index is 12.6. The predicted molar refractivity (Wildman–Crippen MR) is 44.3 cm³/mol. The van der Waals surface area contributed by atoms with Gasteiger partial charge in [-0.25, -0.2) is 13.2 Å². The van der Waals surface area contributed by atoms with Gasteiger partial charge < -0.3 is 5.73 Å². The Kier molecular flexibility index (Phi) is 3.17. The zero-order valence-corrected chi connectivity index (χ0v) is 7.23. The first-order valence-corrected chi connectivity index (χ1v) is 3.89. The highest BCUT2D eigenvalue weighted by Crippen LogP contribution is 2.22. The molecule has 13 heavy (non-hydrogen) atoms. The molecule has 1 aromatic rings. The van der Waals surface area contributed by atoms with Crippen LogP contribution in [0.4, 0.5) is 13.2 Å². The first-order chi connectivity index (χ1) is 6.02. The van der Waals surface area contributed by atoms with Crippen molar-refractivity contribution >= 4 is 11.6 Å². The summed E-state index contributed by atoms with van der Waals surface area (Å²) in [6.07, 6.45) is -2.68. The van der Waals surface area contributed by atoms with E-state index in [-0.39, 0.29) is 10.6 Å². The van der Waals surface area contributed by atoms with E-state index < -0.39 is 18.3 Å². The summed E-state index contributed by atoms with van der Waals surface area (Å²) in [5, 5.41) is -0.200. The number of halogens is 4. The second kappa shape index (κ2) is 3.98. The minimum absolute atomic E-state index is 0.126. The van der Waals surface area contributed by atoms with Crippen LogP contribution < -0.4 is 5.73 Å². The van der Waals surface area contributed by atoms with Gasteiger partial charge in [0.2, 0.25) is 0 Å². The Labute approximate surface area is 78.3 Å². The van der Waals surface area contributed by atoms with Crippen LogP contribution in [-0.2, 0) is 0 Å². The van der Waals surface area contributed by atoms with E-state index in [1.165, 1.54) is 6.07 Å². The molecule has 0 heterocycles. The average molecular weight is 210 g/mol. The molecule has 1 rings (SSSR count). The highest BCUT2D eigenvalue weighted by atomic mass is 35.5. The normalized spacial score (nSPS) is 13.4. The van der Waals surface area contributed by atoms with E-state index in [1.807, 2.05) is 0 Å². The largest absolute Gasteiger partial charge is 0.319 e. The van der Waals surface area contributed by atoms with Crippen molar-refractivity contribution in [3.05, 3.63) is 34.6 Å². The van der Waals surface area contributed by atoms with E-state index in [0.29, 0.717) is 0 Å². The molecule has 2 N–H and O–H groups in total. The van der Waals surface area contributed by atoms with Crippen LogP contribution in [-0.4, -0.2) is 6.43 Å². The van der Waals surface area contributed by atoms with Crippen LogP contribution in [0.15, 0.2) is 18.2 Å². The molecule has 0 fully saturated rings. The Bertz CT molecular complexity index is 303. The summed E-state index contributed by atoms with van der Waals surface area (Å²) in [6, 6.07) is 1.89. The van der Waals surface area contributed by atoms with Crippen LogP contribution >= 0.6 is 11.6 Å². The molecule has 1 nitrogen and oxygen atoms in total. The predicted octanol–water partition coefficient (Wildman–Crippen LogP) is 2.74. The molecular formula is C8H7ClF3N. The Balaban J connectivity index is 2.97. The first-order valence-electron chi connectivity index (χ1n) is 3.51. The zero-order chi connectivity index (χ0) is 10.0. The van der Waals surface area contributed by atoms with Gasteiger partial charge in [0, 0.05) is 0 Å². The SMILES string of the molecule is N[C@@H](c1ccc(F)c(Cl)c1)C(F)F. The van der Waals surface area contributed by atoms with Gasteiger partial charge in [-0.05, 0) is 17.7 Å². The summed E-state index contributed by atoms with van der Waals surface area (Å²) in [5.74, 6) is -0.646. The van der Waals surface area contributed by atoms with Gasteiger partial charge in [-0.2, -0.15) is 0 Å². The monoisotopic (exact) mass is 209 g/mol. The fourth-order valence-electron chi connectivity index (χ4n) is 0.865. The lowest BCUT2D eigenvalue weighted by Crippen LogP contribution is -2.18. The van der Waals surface area contributed by atoms with Crippen LogP contribution in [0.25, 0.3) is 0 Å². The van der Waals surface area contributed by atoms with Gasteiger partial charge in [-0.15, -0.1) is 0 Å². The van der Waals surface area contributed by atoms with Crippen molar-refractivity contribution in [2.45, 2.75) is 12.5 Å². The lowest BCUT2D eigenvalue weighted by Gasteiger charge is -2.10. The molecule has 1 aromatic carbocycles. The molecule has 0 aliphatic carbocycles. The summed E-state index contributed by atoms with van der Waals surface area (Å²) in [6.45, 7) is 0. The second-order valence-corrected chi connectivity index (χ2v) is 2.94. The van der Waals surface area contributed by atoms with Crippen LogP contribution in [0.2, 0.25) is 5.02 Å². The molecule has 0 spiro atoms. The summed E-state index contributed by atoms with van der Waals surface area (Å²) in [4.78, 5) is 0. The lowest BCUT2D eigenvalue weighted by molar-refractivity contribution is 0.116. The molecule has 72 valence electrons. The third-order valence-corrected chi connectivity index (χ3v) is 1.89. The molecule has 5 heteroatoms. The molecule has 1 atom stereocenters. The van der Waals surface area contributed by atoms with Crippen LogP contribution in [0.5, 0.6) is 0 Å². The highest BCUT2D eigenvalue weighted by molar-refractivity contribution is 6.30. The third-order valence-electron chi connectivity index (χ3n) is 1.60. The molecule has 0 saturated carbocycles. The number of benzene rings is 1. The molecule has 0 aromatic heterocycles. The van der Waals surface area contributed by atoms with Crippen LogP contribution in [0.3, 0.4) is 0 Å². The summed E-state index contributed by atoms with van der Waals surface area (Å²) in [7, 11) is 0. The van der Waals surface area contributed by atoms with E-state index in [1.54, 1.807) is 0 Å². The summed E-state index contributed by atoms with van der Waals surface area (Å²) < 4.78 is 36.8. The molecular weight excluding hydrogens is 203 g/mol. The Morgan fingerprint density at radius 3 is 2.38 bits per heavy atom. The topological polar surface area (TPSA) is 26.0 Å². The number of hydrogen-bond acceptors (Lipinski definition) is 1. The summed E-state index contributed by atoms with van der Waals surface area (Å²) in [5.41, 5.74) is 5.25. The Hall–Kier alpha value is -0.740. The van der Waals surface area contributed by atoms with Gasteiger partial charge in [-0.3, -0.25) is 0 Å². The standard InChI is InChI=1S/C8H7ClF3N/c9-5-3-4(1-2-6(5)10)7(13)8(11)12/h1-3,7-8H,13H2/t7-/m0/s1. The fraction of sp³-hybridized carbons (Fsp3) is 0.250. The van der Waals surface area contributed by atoms with Crippen LogP contribution in [0, 0.1) is 5.82 Å².